The van der Waals surface area contributed by atoms with Gasteiger partial charge < -0.3 is 18.6 Å². The Labute approximate surface area is 238 Å². The van der Waals surface area contributed by atoms with Crippen molar-refractivity contribution in [2.45, 2.75) is 26.9 Å². The molecule has 0 aliphatic carbocycles. The van der Waals surface area contributed by atoms with Crippen LogP contribution in [-0.4, -0.2) is 46.1 Å². The lowest BCUT2D eigenvalue weighted by molar-refractivity contribution is -0.385. The topological polar surface area (TPSA) is 148 Å². The number of para-hydroxylation sites is 2. The van der Waals surface area contributed by atoms with E-state index in [1.54, 1.807) is 57.2 Å². The van der Waals surface area contributed by atoms with Gasteiger partial charge in [0.2, 0.25) is 11.6 Å². The second-order valence-corrected chi connectivity index (χ2v) is 9.35. The highest BCUT2D eigenvalue weighted by Crippen LogP contribution is 2.38. The molecule has 0 aliphatic rings. The molecule has 0 saturated heterocycles. The smallest absolute Gasteiger partial charge is 0.344 e. The van der Waals surface area contributed by atoms with Crippen molar-refractivity contribution in [1.29, 1.82) is 0 Å². The summed E-state index contributed by atoms with van der Waals surface area (Å²) in [6.07, 6.45) is 0.898. The molecule has 12 nitrogen and oxygen atoms in total. The van der Waals surface area contributed by atoms with Gasteiger partial charge in [-0.15, -0.1) is 0 Å². The number of ether oxygens (including phenoxy) is 3. The van der Waals surface area contributed by atoms with Crippen LogP contribution in [0.2, 0.25) is 0 Å². The third-order valence-corrected chi connectivity index (χ3v) is 5.98. The van der Waals surface area contributed by atoms with Crippen LogP contribution in [0.25, 0.3) is 33.5 Å². The highest BCUT2D eigenvalue weighted by Gasteiger charge is 2.24. The molecule has 2 heterocycles. The number of nitro benzene ring substituents is 1. The van der Waals surface area contributed by atoms with E-state index in [1.165, 1.54) is 18.3 Å². The van der Waals surface area contributed by atoms with Crippen molar-refractivity contribution < 1.29 is 28.3 Å². The molecule has 0 aliphatic heterocycles. The van der Waals surface area contributed by atoms with Gasteiger partial charge in [0.15, 0.2) is 18.1 Å². The predicted molar refractivity (Wildman–Crippen MR) is 155 cm³/mol. The maximum absolute atomic E-state index is 13.6. The summed E-state index contributed by atoms with van der Waals surface area (Å²) in [4.78, 5) is 41.5. The molecule has 0 radical (unpaired) electrons. The Morgan fingerprint density at radius 2 is 1.88 bits per heavy atom. The Morgan fingerprint density at radius 3 is 2.62 bits per heavy atom. The number of hydrogen-bond donors (Lipinski definition) is 0. The first kappa shape index (κ1) is 28.0. The van der Waals surface area contributed by atoms with Gasteiger partial charge in [0.1, 0.15) is 5.58 Å². The minimum atomic E-state index is -0.686. The molecule has 5 rings (SSSR count). The van der Waals surface area contributed by atoms with Gasteiger partial charge in [0, 0.05) is 17.0 Å². The minimum absolute atomic E-state index is 0.0204. The number of furan rings is 1. The maximum atomic E-state index is 13.6. The van der Waals surface area contributed by atoms with E-state index < -0.39 is 28.7 Å². The number of fused-ring (bicyclic) bond motifs is 2. The fraction of sp³-hybridized carbons (Fsp3) is 0.200. The summed E-state index contributed by atoms with van der Waals surface area (Å²) in [6.45, 7) is 4.66. The second kappa shape index (κ2) is 11.9. The zero-order chi connectivity index (χ0) is 29.8. The van der Waals surface area contributed by atoms with Gasteiger partial charge in [-0.25, -0.2) is 9.78 Å². The van der Waals surface area contributed by atoms with Crippen molar-refractivity contribution >= 4 is 39.7 Å². The maximum Gasteiger partial charge on any atom is 0.344 e. The molecule has 0 fully saturated rings. The van der Waals surface area contributed by atoms with E-state index in [2.05, 4.69) is 10.1 Å². The Bertz CT molecular complexity index is 1860. The normalized spacial score (nSPS) is 11.4. The molecule has 214 valence electrons. The van der Waals surface area contributed by atoms with E-state index in [4.69, 9.17) is 18.6 Å². The Hall–Kier alpha value is -5.52. The lowest BCUT2D eigenvalue weighted by Gasteiger charge is -2.13. The summed E-state index contributed by atoms with van der Waals surface area (Å²) in [7, 11) is 0. The quantitative estimate of drug-likeness (QED) is 0.0940. The van der Waals surface area contributed by atoms with Gasteiger partial charge in [0.25, 0.3) is 5.56 Å². The zero-order valence-electron chi connectivity index (χ0n) is 23.0. The van der Waals surface area contributed by atoms with Crippen molar-refractivity contribution in [3.63, 3.8) is 0 Å². The Balaban J connectivity index is 1.60. The summed E-state index contributed by atoms with van der Waals surface area (Å²) in [5.74, 6) is -0.434. The molecule has 0 bridgehead atoms. The lowest BCUT2D eigenvalue weighted by atomic mass is 10.2. The SMILES string of the molecule is CCOc1cc(C=Nn2c(-c3cc4ccccc4o3)nc3ccccc3c2=O)cc([N+](=O)[O-])c1OCC(=O)OC(C)C. The van der Waals surface area contributed by atoms with E-state index in [1.807, 2.05) is 18.2 Å². The van der Waals surface area contributed by atoms with E-state index in [9.17, 15) is 19.7 Å². The molecular weight excluding hydrogens is 544 g/mol. The van der Waals surface area contributed by atoms with E-state index in [0.29, 0.717) is 22.2 Å². The van der Waals surface area contributed by atoms with Crippen LogP contribution < -0.4 is 15.0 Å². The van der Waals surface area contributed by atoms with Crippen LogP contribution in [0, 0.1) is 10.1 Å². The number of rotatable bonds is 10. The van der Waals surface area contributed by atoms with Crippen molar-refractivity contribution in [1.82, 2.24) is 9.66 Å². The average molecular weight is 571 g/mol. The molecule has 0 atom stereocenters. The number of benzene rings is 3. The van der Waals surface area contributed by atoms with E-state index in [0.717, 1.165) is 10.1 Å². The monoisotopic (exact) mass is 570 g/mol. The van der Waals surface area contributed by atoms with Gasteiger partial charge in [-0.05, 0) is 51.1 Å². The molecular formula is C30H26N4O8. The second-order valence-electron chi connectivity index (χ2n) is 9.35. The molecule has 0 amide bonds. The Kier molecular flexibility index (Phi) is 7.96. The first-order valence-electron chi connectivity index (χ1n) is 13.1. The van der Waals surface area contributed by atoms with Gasteiger partial charge in [0.05, 0.1) is 34.8 Å². The zero-order valence-corrected chi connectivity index (χ0v) is 23.0. The van der Waals surface area contributed by atoms with Crippen molar-refractivity contribution in [2.24, 2.45) is 5.10 Å². The number of nitro groups is 1. The van der Waals surface area contributed by atoms with Crippen molar-refractivity contribution in [2.75, 3.05) is 13.2 Å². The first-order chi connectivity index (χ1) is 20.2. The summed E-state index contributed by atoms with van der Waals surface area (Å²) in [5, 5.41) is 17.5. The lowest BCUT2D eigenvalue weighted by Crippen LogP contribution is -2.20. The van der Waals surface area contributed by atoms with Crippen LogP contribution in [0.5, 0.6) is 11.5 Å². The van der Waals surface area contributed by atoms with Gasteiger partial charge >= 0.3 is 11.7 Å². The predicted octanol–water partition coefficient (Wildman–Crippen LogP) is 5.33. The van der Waals surface area contributed by atoms with Crippen LogP contribution >= 0.6 is 0 Å². The summed E-state index contributed by atoms with van der Waals surface area (Å²) < 4.78 is 23.2. The Morgan fingerprint density at radius 1 is 1.12 bits per heavy atom. The summed E-state index contributed by atoms with van der Waals surface area (Å²) >= 11 is 0. The number of esters is 1. The molecule has 2 aromatic heterocycles. The molecule has 0 spiro atoms. The first-order valence-corrected chi connectivity index (χ1v) is 13.1. The third kappa shape index (κ3) is 5.82. The van der Waals surface area contributed by atoms with Crippen LogP contribution in [0.1, 0.15) is 26.3 Å². The number of carbonyl (C=O) groups is 1. The molecule has 0 N–H and O–H groups in total. The van der Waals surface area contributed by atoms with Gasteiger partial charge in [-0.3, -0.25) is 14.9 Å². The van der Waals surface area contributed by atoms with Crippen molar-refractivity contribution in [3.8, 4) is 23.1 Å². The van der Waals surface area contributed by atoms with E-state index in [-0.39, 0.29) is 35.6 Å². The average Bonchev–Trinajstić information content (AvgIpc) is 3.40. The highest BCUT2D eigenvalue weighted by molar-refractivity contribution is 5.86. The van der Waals surface area contributed by atoms with Crippen LogP contribution in [0.4, 0.5) is 5.69 Å². The number of nitrogens with zero attached hydrogens (tertiary/aromatic N) is 4. The highest BCUT2D eigenvalue weighted by atomic mass is 16.6. The van der Waals surface area contributed by atoms with Gasteiger partial charge in [-0.1, -0.05) is 30.3 Å². The number of carbonyl (C=O) groups excluding carboxylic acids is 1. The van der Waals surface area contributed by atoms with Crippen molar-refractivity contribution in [3.05, 3.63) is 92.8 Å². The molecule has 0 saturated carbocycles. The summed E-state index contributed by atoms with van der Waals surface area (Å²) in [5.41, 5.74) is 0.376. The molecule has 0 unspecified atom stereocenters. The molecule has 3 aromatic carbocycles. The third-order valence-electron chi connectivity index (χ3n) is 5.98. The number of aromatic nitrogens is 2. The molecule has 12 heteroatoms. The van der Waals surface area contributed by atoms with Crippen LogP contribution in [-0.2, 0) is 9.53 Å². The van der Waals surface area contributed by atoms with Gasteiger partial charge in [-0.2, -0.15) is 9.78 Å². The molecule has 5 aromatic rings. The van der Waals surface area contributed by atoms with Crippen LogP contribution in [0.15, 0.2) is 81.0 Å². The van der Waals surface area contributed by atoms with Crippen LogP contribution in [0.3, 0.4) is 0 Å². The minimum Gasteiger partial charge on any atom is -0.490 e. The molecule has 42 heavy (non-hydrogen) atoms. The van der Waals surface area contributed by atoms with E-state index >= 15 is 0 Å². The standard InChI is InChI=1S/C30H26N4O8/c1-4-39-25-14-19(13-23(34(37)38)28(25)40-17-27(35)41-18(2)3)16-31-33-29(26-15-20-9-5-8-12-24(20)42-26)32-22-11-7-6-10-21(22)30(33)36/h5-16,18H,4,17H2,1-3H3. The fourth-order valence-electron chi connectivity index (χ4n) is 4.26. The largest absolute Gasteiger partial charge is 0.490 e. The number of hydrogen-bond acceptors (Lipinski definition) is 10. The fourth-order valence-corrected chi connectivity index (χ4v) is 4.26. The summed E-state index contributed by atoms with van der Waals surface area (Å²) in [6, 6.07) is 18.6.